The van der Waals surface area contributed by atoms with Crippen molar-refractivity contribution in [3.05, 3.63) is 88.5 Å². The Morgan fingerprint density at radius 3 is 2.32 bits per heavy atom. The van der Waals surface area contributed by atoms with Gasteiger partial charge in [-0.1, -0.05) is 39.3 Å². The highest BCUT2D eigenvalue weighted by molar-refractivity contribution is 7.99. The molecular formula is C29H33F3N4OS. The van der Waals surface area contributed by atoms with E-state index >= 15 is 0 Å². The molecule has 0 saturated heterocycles. The van der Waals surface area contributed by atoms with Crippen LogP contribution in [0.4, 0.5) is 13.2 Å². The zero-order valence-corrected chi connectivity index (χ0v) is 22.8. The predicted molar refractivity (Wildman–Crippen MR) is 144 cm³/mol. The largest absolute Gasteiger partial charge is 0.416 e. The molecule has 38 heavy (non-hydrogen) atoms. The number of nitrogens with one attached hydrogen (secondary N) is 1. The second kappa shape index (κ2) is 11.9. The van der Waals surface area contributed by atoms with Crippen molar-refractivity contribution in [1.29, 1.82) is 0 Å². The average molecular weight is 543 g/mol. The van der Waals surface area contributed by atoms with E-state index in [0.717, 1.165) is 58.1 Å². The fourth-order valence-corrected chi connectivity index (χ4v) is 5.02. The zero-order valence-electron chi connectivity index (χ0n) is 21.9. The van der Waals surface area contributed by atoms with Gasteiger partial charge in [0.1, 0.15) is 0 Å². The predicted octanol–water partition coefficient (Wildman–Crippen LogP) is 6.96. The monoisotopic (exact) mass is 542 g/mol. The summed E-state index contributed by atoms with van der Waals surface area (Å²) in [6.07, 6.45) is 2.07. The molecule has 2 aromatic heterocycles. The number of pyridine rings is 2. The van der Waals surface area contributed by atoms with Crippen molar-refractivity contribution < 1.29 is 18.0 Å². The molecule has 1 aliphatic heterocycles. The van der Waals surface area contributed by atoms with Gasteiger partial charge in [-0.3, -0.25) is 19.7 Å². The number of benzene rings is 1. The minimum Gasteiger partial charge on any atom is -0.341 e. The van der Waals surface area contributed by atoms with Crippen LogP contribution in [0.5, 0.6) is 0 Å². The Morgan fingerprint density at radius 2 is 1.74 bits per heavy atom. The van der Waals surface area contributed by atoms with Crippen molar-refractivity contribution >= 4 is 17.7 Å². The highest BCUT2D eigenvalue weighted by atomic mass is 32.2. The third-order valence-electron chi connectivity index (χ3n) is 6.42. The number of hydrogen-bond acceptors (Lipinski definition) is 5. The highest BCUT2D eigenvalue weighted by Gasteiger charge is 2.47. The summed E-state index contributed by atoms with van der Waals surface area (Å²) in [6.45, 7) is 8.04. The molecule has 3 aromatic rings. The molecule has 0 spiro atoms. The van der Waals surface area contributed by atoms with Crippen LogP contribution in [-0.4, -0.2) is 26.5 Å². The van der Waals surface area contributed by atoms with Gasteiger partial charge in [0.25, 0.3) is 5.91 Å². The summed E-state index contributed by atoms with van der Waals surface area (Å²) < 4.78 is 38.4. The molecule has 0 bridgehead atoms. The van der Waals surface area contributed by atoms with Crippen molar-refractivity contribution in [3.63, 3.8) is 0 Å². The molecule has 5 nitrogen and oxygen atoms in total. The zero-order chi connectivity index (χ0) is 27.3. The number of fused-ring (bicyclic) bond motifs is 1. The number of nitrogens with zero attached hydrogens (tertiary/aromatic N) is 3. The van der Waals surface area contributed by atoms with E-state index in [2.05, 4.69) is 41.0 Å². The van der Waals surface area contributed by atoms with Crippen LogP contribution in [0.2, 0.25) is 0 Å². The smallest absolute Gasteiger partial charge is 0.341 e. The molecule has 5 rings (SSSR count). The number of amides is 1. The highest BCUT2D eigenvalue weighted by Crippen LogP contribution is 2.45. The van der Waals surface area contributed by atoms with Gasteiger partial charge in [0.15, 0.2) is 0 Å². The summed E-state index contributed by atoms with van der Waals surface area (Å²) in [6, 6.07) is 11.1. The third-order valence-corrected chi connectivity index (χ3v) is 7.28. The summed E-state index contributed by atoms with van der Waals surface area (Å²) in [5.74, 6) is 0.809. The number of aromatic nitrogens is 2. The fraction of sp³-hybridized carbons (Fsp3) is 0.414. The lowest BCUT2D eigenvalue weighted by Gasteiger charge is -2.17. The van der Waals surface area contributed by atoms with E-state index in [1.165, 1.54) is 18.6 Å². The summed E-state index contributed by atoms with van der Waals surface area (Å²) in [5, 5.41) is 3.16. The van der Waals surface area contributed by atoms with Gasteiger partial charge in [0.05, 0.1) is 28.1 Å². The number of alkyl halides is 3. The average Bonchev–Trinajstić information content (AvgIpc) is 3.55. The quantitative estimate of drug-likeness (QED) is 0.327. The SMILES string of the molecule is CCC.CCSc1ccc(C2(NC(=O)c3cnc4c(c3)CN(Cc3ccc(C(F)(F)F)cc3)C4)CC2)nc1. The number of thioether (sulfide) groups is 1. The lowest BCUT2D eigenvalue weighted by Crippen LogP contribution is -2.35. The van der Waals surface area contributed by atoms with Gasteiger partial charge in [0, 0.05) is 36.9 Å². The van der Waals surface area contributed by atoms with Crippen LogP contribution in [0.15, 0.2) is 59.8 Å². The third kappa shape index (κ3) is 6.74. The maximum absolute atomic E-state index is 13.0. The van der Waals surface area contributed by atoms with Crippen LogP contribution >= 0.6 is 11.8 Å². The van der Waals surface area contributed by atoms with Crippen LogP contribution in [0.25, 0.3) is 0 Å². The maximum Gasteiger partial charge on any atom is 0.416 e. The van der Waals surface area contributed by atoms with Gasteiger partial charge >= 0.3 is 6.18 Å². The standard InChI is InChI=1S/C26H25F3N4OS.C3H8/c1-2-35-21-7-8-23(31-13-21)25(9-10-25)32-24(34)18-11-19-15-33(16-22(19)30-12-18)14-17-3-5-20(6-4-17)26(27,28)29;1-3-2/h3-8,11-13H,2,9-10,14-16H2,1H3,(H,32,34);3H2,1-2H3. The number of carbonyl (C=O) groups excluding carboxylic acids is 1. The first-order chi connectivity index (χ1) is 18.2. The molecular weight excluding hydrogens is 509 g/mol. The topological polar surface area (TPSA) is 58.1 Å². The van der Waals surface area contributed by atoms with E-state index in [4.69, 9.17) is 0 Å². The maximum atomic E-state index is 13.0. The van der Waals surface area contributed by atoms with E-state index in [-0.39, 0.29) is 5.91 Å². The van der Waals surface area contributed by atoms with Crippen LogP contribution < -0.4 is 5.32 Å². The summed E-state index contributed by atoms with van der Waals surface area (Å²) >= 11 is 1.73. The second-order valence-electron chi connectivity index (χ2n) is 9.73. The molecule has 1 aliphatic carbocycles. The molecule has 0 unspecified atom stereocenters. The molecule has 1 saturated carbocycles. The Morgan fingerprint density at radius 1 is 1.03 bits per heavy atom. The van der Waals surface area contributed by atoms with Crippen LogP contribution in [0.3, 0.4) is 0 Å². The Balaban J connectivity index is 0.00000107. The lowest BCUT2D eigenvalue weighted by molar-refractivity contribution is -0.137. The first-order valence-electron chi connectivity index (χ1n) is 13.0. The van der Waals surface area contributed by atoms with E-state index in [1.807, 2.05) is 24.4 Å². The Bertz CT molecular complexity index is 1240. The van der Waals surface area contributed by atoms with Gasteiger partial charge in [-0.05, 0) is 60.1 Å². The summed E-state index contributed by atoms with van der Waals surface area (Å²) in [4.78, 5) is 25.3. The fourth-order valence-electron chi connectivity index (χ4n) is 4.39. The normalized spacial score (nSPS) is 15.8. The number of hydrogen-bond donors (Lipinski definition) is 1. The van der Waals surface area contributed by atoms with Crippen molar-refractivity contribution in [2.75, 3.05) is 5.75 Å². The molecule has 9 heteroatoms. The van der Waals surface area contributed by atoms with Gasteiger partial charge in [-0.2, -0.15) is 13.2 Å². The lowest BCUT2D eigenvalue weighted by atomic mass is 10.1. The van der Waals surface area contributed by atoms with Gasteiger partial charge in [-0.25, -0.2) is 0 Å². The van der Waals surface area contributed by atoms with E-state index in [1.54, 1.807) is 18.0 Å². The molecule has 3 heterocycles. The molecule has 0 radical (unpaired) electrons. The van der Waals surface area contributed by atoms with Crippen molar-refractivity contribution in [1.82, 2.24) is 20.2 Å². The molecule has 1 amide bonds. The molecule has 202 valence electrons. The second-order valence-corrected chi connectivity index (χ2v) is 11.1. The minimum atomic E-state index is -4.34. The number of rotatable bonds is 7. The molecule has 0 atom stereocenters. The van der Waals surface area contributed by atoms with E-state index < -0.39 is 17.3 Å². The van der Waals surface area contributed by atoms with Crippen molar-refractivity contribution in [2.45, 2.75) is 76.3 Å². The minimum absolute atomic E-state index is 0.173. The van der Waals surface area contributed by atoms with E-state index in [0.29, 0.717) is 25.2 Å². The number of carbonyl (C=O) groups is 1. The van der Waals surface area contributed by atoms with E-state index in [9.17, 15) is 18.0 Å². The van der Waals surface area contributed by atoms with Crippen LogP contribution in [-0.2, 0) is 31.3 Å². The summed E-state index contributed by atoms with van der Waals surface area (Å²) in [5.41, 5.74) is 2.97. The number of halogens is 3. The van der Waals surface area contributed by atoms with Gasteiger partial charge < -0.3 is 5.32 Å². The first-order valence-corrected chi connectivity index (χ1v) is 13.9. The summed E-state index contributed by atoms with van der Waals surface area (Å²) in [7, 11) is 0. The van der Waals surface area contributed by atoms with Crippen molar-refractivity contribution in [2.24, 2.45) is 0 Å². The van der Waals surface area contributed by atoms with Crippen LogP contribution in [0, 0.1) is 0 Å². The Hall–Kier alpha value is -2.91. The van der Waals surface area contributed by atoms with Crippen molar-refractivity contribution in [3.8, 4) is 0 Å². The van der Waals surface area contributed by atoms with Gasteiger partial charge in [-0.15, -0.1) is 11.8 Å². The molecule has 1 N–H and O–H groups in total. The van der Waals surface area contributed by atoms with Gasteiger partial charge in [0.2, 0.25) is 0 Å². The Labute approximate surface area is 226 Å². The first kappa shape index (κ1) is 28.1. The molecule has 1 fully saturated rings. The molecule has 2 aliphatic rings. The molecule has 1 aromatic carbocycles. The van der Waals surface area contributed by atoms with Crippen LogP contribution in [0.1, 0.15) is 78.5 Å². The Kier molecular flexibility index (Phi) is 8.78.